The van der Waals surface area contributed by atoms with Gasteiger partial charge in [-0.05, 0) is 97.2 Å². The van der Waals surface area contributed by atoms with Crippen LogP contribution in [0.5, 0.6) is 11.5 Å². The second kappa shape index (κ2) is 17.5. The van der Waals surface area contributed by atoms with Gasteiger partial charge in [-0.15, -0.1) is 0 Å². The smallest absolute Gasteiger partial charge is 0.293 e. The third-order valence-corrected chi connectivity index (χ3v) is 13.7. The van der Waals surface area contributed by atoms with Crippen LogP contribution in [0, 0.1) is 15.5 Å². The van der Waals surface area contributed by atoms with Gasteiger partial charge in [0.1, 0.15) is 22.8 Å². The van der Waals surface area contributed by atoms with Crippen LogP contribution in [0.15, 0.2) is 95.7 Å². The number of benzene rings is 3. The Hall–Kier alpha value is -5.48. The molecular formula is C45H50ClN7O7S. The number of fused-ring (bicyclic) bond motifs is 1. The number of pyridine rings is 1. The average Bonchev–Trinajstić information content (AvgIpc) is 3.72. The van der Waals surface area contributed by atoms with Crippen LogP contribution >= 0.6 is 11.6 Å². The number of carbonyl (C=O) groups excluding carboxylic acids is 1. The molecule has 3 aromatic carbocycles. The number of rotatable bonds is 12. The van der Waals surface area contributed by atoms with Gasteiger partial charge in [-0.3, -0.25) is 19.8 Å². The number of nitro groups is 1. The number of nitrogens with zero attached hydrogens (tertiary/aromatic N) is 5. The predicted octanol–water partition coefficient (Wildman–Crippen LogP) is 8.44. The van der Waals surface area contributed by atoms with Crippen molar-refractivity contribution in [3.05, 3.63) is 117 Å². The van der Waals surface area contributed by atoms with Crippen LogP contribution in [-0.4, -0.2) is 93.1 Å². The summed E-state index contributed by atoms with van der Waals surface area (Å²) in [5, 5.41) is 13.7. The SMILES string of the molecule is CN(c1ccc(S(=O)(=O)NC(=O)c2ccc(N3CCN(CC4=C(c5ccc(Cl)cc5)CC(C)(C)CC4)CC3)cc2Oc2cnc3[nH]ccc3c2)cc1[N+](=O)[O-])C1CCOCC1. The van der Waals surface area contributed by atoms with Gasteiger partial charge in [0.2, 0.25) is 0 Å². The van der Waals surface area contributed by atoms with E-state index < -0.39 is 25.7 Å². The highest BCUT2D eigenvalue weighted by Gasteiger charge is 2.31. The van der Waals surface area contributed by atoms with Crippen LogP contribution in [0.25, 0.3) is 16.6 Å². The fourth-order valence-electron chi connectivity index (χ4n) is 8.60. The van der Waals surface area contributed by atoms with E-state index in [1.807, 2.05) is 18.2 Å². The molecule has 4 heterocycles. The molecule has 8 rings (SSSR count). The second-order valence-electron chi connectivity index (χ2n) is 16.9. The van der Waals surface area contributed by atoms with Crippen molar-refractivity contribution in [1.29, 1.82) is 0 Å². The molecule has 5 aromatic rings. The molecule has 0 unspecified atom stereocenters. The number of hydrogen-bond donors (Lipinski definition) is 2. The second-order valence-corrected chi connectivity index (χ2v) is 19.0. The van der Waals surface area contributed by atoms with Crippen molar-refractivity contribution in [3.8, 4) is 11.5 Å². The zero-order chi connectivity index (χ0) is 42.9. The molecule has 14 nitrogen and oxygen atoms in total. The minimum Gasteiger partial charge on any atom is -0.455 e. The Morgan fingerprint density at radius 1 is 1.05 bits per heavy atom. The molecular weight excluding hydrogens is 818 g/mol. The molecule has 16 heteroatoms. The summed E-state index contributed by atoms with van der Waals surface area (Å²) in [6, 6.07) is 20.5. The number of halogens is 1. The van der Waals surface area contributed by atoms with E-state index in [1.54, 1.807) is 42.4 Å². The van der Waals surface area contributed by atoms with Gasteiger partial charge in [0.25, 0.3) is 21.6 Å². The monoisotopic (exact) mass is 867 g/mol. The zero-order valence-electron chi connectivity index (χ0n) is 34.5. The third kappa shape index (κ3) is 9.55. The van der Waals surface area contributed by atoms with Crippen LogP contribution in [0.4, 0.5) is 17.1 Å². The maximum Gasteiger partial charge on any atom is 0.293 e. The van der Waals surface area contributed by atoms with Gasteiger partial charge in [-0.2, -0.15) is 0 Å². The van der Waals surface area contributed by atoms with E-state index in [1.165, 1.54) is 35.0 Å². The molecule has 0 bridgehead atoms. The lowest BCUT2D eigenvalue weighted by molar-refractivity contribution is -0.384. The van der Waals surface area contributed by atoms with Crippen LogP contribution in [0.2, 0.25) is 5.02 Å². The van der Waals surface area contributed by atoms with Gasteiger partial charge < -0.3 is 24.3 Å². The molecule has 1 aliphatic carbocycles. The molecule has 2 fully saturated rings. The Morgan fingerprint density at radius 3 is 2.54 bits per heavy atom. The lowest BCUT2D eigenvalue weighted by atomic mass is 9.72. The molecule has 0 spiro atoms. The average molecular weight is 868 g/mol. The largest absolute Gasteiger partial charge is 0.455 e. The Kier molecular flexibility index (Phi) is 12.1. The number of nitrogens with one attached hydrogen (secondary N) is 2. The van der Waals surface area contributed by atoms with E-state index in [4.69, 9.17) is 21.1 Å². The molecule has 1 amide bonds. The molecule has 0 atom stereocenters. The Balaban J connectivity index is 1.02. The van der Waals surface area contributed by atoms with E-state index in [9.17, 15) is 23.3 Å². The number of carbonyl (C=O) groups is 1. The summed E-state index contributed by atoms with van der Waals surface area (Å²) in [6.45, 7) is 9.71. The molecule has 3 aliphatic rings. The summed E-state index contributed by atoms with van der Waals surface area (Å²) in [5.41, 5.74) is 5.67. The van der Waals surface area contributed by atoms with Gasteiger partial charge in [-0.25, -0.2) is 18.1 Å². The zero-order valence-corrected chi connectivity index (χ0v) is 36.1. The minimum absolute atomic E-state index is 0.00552. The first-order valence-electron chi connectivity index (χ1n) is 20.6. The number of piperazine rings is 1. The van der Waals surface area contributed by atoms with E-state index in [-0.39, 0.29) is 34.1 Å². The summed E-state index contributed by atoms with van der Waals surface area (Å²) < 4.78 is 41.4. The standard InChI is InChI=1S/C45H50ClN7O7S/c1-45(2)16-12-32(39(27-45)30-4-6-33(46)7-5-30)29-51-18-20-52(21-19-51)35-8-10-38(42(25-35)60-36-24-31-13-17-47-43(31)48-28-36)44(54)49-61(57,58)37-9-11-40(41(26-37)53(55)56)50(3)34-14-22-59-23-15-34/h4-11,13,17,24-26,28,34H,12,14-16,18-23,27,29H2,1-3H3,(H,47,48)(H,49,54). The lowest BCUT2D eigenvalue weighted by Gasteiger charge is -2.39. The summed E-state index contributed by atoms with van der Waals surface area (Å²) >= 11 is 6.24. The number of nitro benzene ring substituents is 1. The number of aromatic amines is 1. The van der Waals surface area contributed by atoms with Crippen LogP contribution < -0.4 is 19.3 Å². The molecule has 2 aliphatic heterocycles. The highest BCUT2D eigenvalue weighted by atomic mass is 35.5. The Labute approximate surface area is 360 Å². The molecule has 61 heavy (non-hydrogen) atoms. The maximum atomic E-state index is 13.9. The normalized spacial score (nSPS) is 17.7. The molecule has 320 valence electrons. The third-order valence-electron chi connectivity index (χ3n) is 12.1. The van der Waals surface area contributed by atoms with Gasteiger partial charge >= 0.3 is 0 Å². The van der Waals surface area contributed by atoms with E-state index in [0.29, 0.717) is 37.5 Å². The topological polar surface area (TPSA) is 163 Å². The molecule has 2 aromatic heterocycles. The Bertz CT molecular complexity index is 2580. The summed E-state index contributed by atoms with van der Waals surface area (Å²) in [7, 11) is -2.81. The van der Waals surface area contributed by atoms with Crippen molar-refractivity contribution >= 4 is 61.2 Å². The number of H-pyrrole nitrogens is 1. The first-order valence-corrected chi connectivity index (χ1v) is 22.4. The fourth-order valence-corrected chi connectivity index (χ4v) is 9.71. The number of hydrogen-bond acceptors (Lipinski definition) is 11. The van der Waals surface area contributed by atoms with Gasteiger partial charge in [-0.1, -0.05) is 43.2 Å². The number of amides is 1. The summed E-state index contributed by atoms with van der Waals surface area (Å²) in [6.07, 6.45) is 7.85. The van der Waals surface area contributed by atoms with Crippen LogP contribution in [0.3, 0.4) is 0 Å². The summed E-state index contributed by atoms with van der Waals surface area (Å²) in [4.78, 5) is 39.1. The first kappa shape index (κ1) is 42.2. The molecule has 2 saturated heterocycles. The Morgan fingerprint density at radius 2 is 1.80 bits per heavy atom. The number of allylic oxidation sites excluding steroid dienone is 1. The summed E-state index contributed by atoms with van der Waals surface area (Å²) in [5.74, 6) is -0.467. The van der Waals surface area contributed by atoms with Crippen molar-refractivity contribution < 1.29 is 27.6 Å². The number of aromatic nitrogens is 2. The van der Waals surface area contributed by atoms with Gasteiger partial charge in [0, 0.05) is 93.5 Å². The van der Waals surface area contributed by atoms with Crippen molar-refractivity contribution in [2.75, 3.05) is 62.8 Å². The van der Waals surface area contributed by atoms with Crippen LogP contribution in [-0.2, 0) is 14.8 Å². The number of ether oxygens (including phenoxy) is 2. The first-order chi connectivity index (χ1) is 29.2. The number of anilines is 2. The van der Waals surface area contributed by atoms with Crippen molar-refractivity contribution in [2.24, 2.45) is 5.41 Å². The van der Waals surface area contributed by atoms with E-state index in [0.717, 1.165) is 74.1 Å². The number of sulfonamides is 1. The van der Waals surface area contributed by atoms with Crippen LogP contribution in [0.1, 0.15) is 61.9 Å². The fraction of sp³-hybridized carbons (Fsp3) is 0.378. The lowest BCUT2D eigenvalue weighted by Crippen LogP contribution is -2.47. The van der Waals surface area contributed by atoms with Crippen molar-refractivity contribution in [3.63, 3.8) is 0 Å². The van der Waals surface area contributed by atoms with Crippen molar-refractivity contribution in [1.82, 2.24) is 19.6 Å². The van der Waals surface area contributed by atoms with E-state index in [2.05, 4.69) is 50.5 Å². The molecule has 0 saturated carbocycles. The molecule has 0 radical (unpaired) electrons. The minimum atomic E-state index is -4.56. The van der Waals surface area contributed by atoms with Crippen molar-refractivity contribution in [2.45, 2.75) is 56.9 Å². The van der Waals surface area contributed by atoms with Gasteiger partial charge in [0.05, 0.1) is 21.6 Å². The molecule has 2 N–H and O–H groups in total. The highest BCUT2D eigenvalue weighted by Crippen LogP contribution is 2.43. The highest BCUT2D eigenvalue weighted by molar-refractivity contribution is 7.90. The predicted molar refractivity (Wildman–Crippen MR) is 237 cm³/mol. The van der Waals surface area contributed by atoms with E-state index >= 15 is 0 Å². The maximum absolute atomic E-state index is 13.9. The quantitative estimate of drug-likeness (QED) is 0.0914. The van der Waals surface area contributed by atoms with Gasteiger partial charge in [0.15, 0.2) is 0 Å².